The van der Waals surface area contributed by atoms with Crippen LogP contribution in [0.15, 0.2) is 12.4 Å². The van der Waals surface area contributed by atoms with Gasteiger partial charge in [-0.05, 0) is 18.9 Å². The van der Waals surface area contributed by atoms with E-state index in [9.17, 15) is 4.79 Å². The molecule has 1 rings (SSSR count). The molecule has 1 amide bonds. The van der Waals surface area contributed by atoms with Crippen LogP contribution in [-0.4, -0.2) is 28.3 Å². The van der Waals surface area contributed by atoms with Crippen molar-refractivity contribution in [2.24, 2.45) is 5.73 Å². The lowest BCUT2D eigenvalue weighted by Gasteiger charge is -2.09. The summed E-state index contributed by atoms with van der Waals surface area (Å²) in [6, 6.07) is -0.399. The van der Waals surface area contributed by atoms with Gasteiger partial charge in [0.25, 0.3) is 0 Å². The molecule has 5 nitrogen and oxygen atoms in total. The number of nitrogens with two attached hydrogens (primary N) is 1. The summed E-state index contributed by atoms with van der Waals surface area (Å²) in [6.07, 6.45) is 4.39. The van der Waals surface area contributed by atoms with Crippen LogP contribution in [-0.2, 0) is 11.3 Å². The lowest BCUT2D eigenvalue weighted by Crippen LogP contribution is -2.41. The Morgan fingerprint density at radius 2 is 2.47 bits per heavy atom. The van der Waals surface area contributed by atoms with Gasteiger partial charge < -0.3 is 11.1 Å². The fourth-order valence-corrected chi connectivity index (χ4v) is 1.20. The van der Waals surface area contributed by atoms with Crippen molar-refractivity contribution in [3.8, 4) is 0 Å². The van der Waals surface area contributed by atoms with Crippen LogP contribution in [0, 0.1) is 6.92 Å². The maximum Gasteiger partial charge on any atom is 0.236 e. The van der Waals surface area contributed by atoms with E-state index in [1.807, 2.05) is 20.0 Å². The SMILES string of the molecule is CC[C@H](N)C(=O)NCCn1cc(C)cn1. The topological polar surface area (TPSA) is 72.9 Å². The molecule has 0 saturated carbocycles. The standard InChI is InChI=1S/C10H18N4O/c1-3-9(11)10(15)12-4-5-14-7-8(2)6-13-14/h6-7,9H,3-5,11H2,1-2H3,(H,12,15)/t9-/m0/s1. The zero-order chi connectivity index (χ0) is 11.3. The molecule has 1 aromatic heterocycles. The largest absolute Gasteiger partial charge is 0.353 e. The molecule has 84 valence electrons. The van der Waals surface area contributed by atoms with E-state index >= 15 is 0 Å². The molecule has 0 aromatic carbocycles. The number of hydrogen-bond donors (Lipinski definition) is 2. The number of carbonyl (C=O) groups is 1. The summed E-state index contributed by atoms with van der Waals surface area (Å²) in [5.41, 5.74) is 6.68. The van der Waals surface area contributed by atoms with Crippen molar-refractivity contribution < 1.29 is 4.79 Å². The van der Waals surface area contributed by atoms with Crippen molar-refractivity contribution in [3.05, 3.63) is 18.0 Å². The number of rotatable bonds is 5. The van der Waals surface area contributed by atoms with Gasteiger partial charge in [-0.1, -0.05) is 6.92 Å². The van der Waals surface area contributed by atoms with Crippen molar-refractivity contribution in [1.82, 2.24) is 15.1 Å². The molecular weight excluding hydrogens is 192 g/mol. The smallest absolute Gasteiger partial charge is 0.236 e. The van der Waals surface area contributed by atoms with Crippen molar-refractivity contribution >= 4 is 5.91 Å². The lowest BCUT2D eigenvalue weighted by molar-refractivity contribution is -0.122. The Morgan fingerprint density at radius 1 is 1.73 bits per heavy atom. The van der Waals surface area contributed by atoms with Gasteiger partial charge in [0, 0.05) is 12.7 Å². The number of aryl methyl sites for hydroxylation is 1. The monoisotopic (exact) mass is 210 g/mol. The van der Waals surface area contributed by atoms with Gasteiger partial charge in [-0.3, -0.25) is 9.48 Å². The maximum atomic E-state index is 11.3. The minimum atomic E-state index is -0.399. The van der Waals surface area contributed by atoms with Gasteiger partial charge >= 0.3 is 0 Å². The van der Waals surface area contributed by atoms with E-state index in [4.69, 9.17) is 5.73 Å². The molecule has 0 saturated heterocycles. The van der Waals surface area contributed by atoms with Crippen molar-refractivity contribution in [1.29, 1.82) is 0 Å². The molecule has 0 aliphatic rings. The van der Waals surface area contributed by atoms with Gasteiger partial charge in [-0.25, -0.2) is 0 Å². The summed E-state index contributed by atoms with van der Waals surface area (Å²) in [6.45, 7) is 5.11. The molecule has 0 bridgehead atoms. The summed E-state index contributed by atoms with van der Waals surface area (Å²) in [4.78, 5) is 11.3. The average Bonchev–Trinajstić information content (AvgIpc) is 2.63. The first-order chi connectivity index (χ1) is 7.13. The maximum absolute atomic E-state index is 11.3. The Morgan fingerprint density at radius 3 is 3.00 bits per heavy atom. The number of aromatic nitrogens is 2. The Labute approximate surface area is 89.6 Å². The van der Waals surface area contributed by atoms with Crippen LogP contribution in [0.25, 0.3) is 0 Å². The summed E-state index contributed by atoms with van der Waals surface area (Å²) in [7, 11) is 0. The normalized spacial score (nSPS) is 12.5. The lowest BCUT2D eigenvalue weighted by atomic mass is 10.2. The fourth-order valence-electron chi connectivity index (χ4n) is 1.20. The number of nitrogens with one attached hydrogen (secondary N) is 1. The summed E-state index contributed by atoms with van der Waals surface area (Å²) in [5, 5.41) is 6.88. The van der Waals surface area contributed by atoms with Crippen LogP contribution in [0.1, 0.15) is 18.9 Å². The second kappa shape index (κ2) is 5.50. The molecular formula is C10H18N4O. The summed E-state index contributed by atoms with van der Waals surface area (Å²) < 4.78 is 1.80. The quantitative estimate of drug-likeness (QED) is 0.721. The molecule has 0 radical (unpaired) electrons. The van der Waals surface area contributed by atoms with Gasteiger partial charge in [-0.15, -0.1) is 0 Å². The zero-order valence-corrected chi connectivity index (χ0v) is 9.23. The molecule has 1 aromatic rings. The van der Waals surface area contributed by atoms with E-state index in [2.05, 4.69) is 10.4 Å². The minimum absolute atomic E-state index is 0.0959. The van der Waals surface area contributed by atoms with Gasteiger partial charge in [0.05, 0.1) is 18.8 Å². The van der Waals surface area contributed by atoms with Crippen LogP contribution < -0.4 is 11.1 Å². The second-order valence-corrected chi connectivity index (χ2v) is 3.59. The van der Waals surface area contributed by atoms with Crippen LogP contribution >= 0.6 is 0 Å². The third-order valence-corrected chi connectivity index (χ3v) is 2.18. The number of hydrogen-bond acceptors (Lipinski definition) is 3. The van der Waals surface area contributed by atoms with Crippen molar-refractivity contribution in [2.45, 2.75) is 32.9 Å². The number of nitrogens with zero attached hydrogens (tertiary/aromatic N) is 2. The van der Waals surface area contributed by atoms with E-state index in [0.717, 1.165) is 5.56 Å². The summed E-state index contributed by atoms with van der Waals surface area (Å²) in [5.74, 6) is -0.0959. The van der Waals surface area contributed by atoms with E-state index < -0.39 is 6.04 Å². The second-order valence-electron chi connectivity index (χ2n) is 3.59. The number of carbonyl (C=O) groups excluding carboxylic acids is 1. The number of amides is 1. The Bertz CT molecular complexity index is 321. The average molecular weight is 210 g/mol. The van der Waals surface area contributed by atoms with Crippen molar-refractivity contribution in [2.75, 3.05) is 6.54 Å². The highest BCUT2D eigenvalue weighted by molar-refractivity contribution is 5.81. The highest BCUT2D eigenvalue weighted by atomic mass is 16.2. The first-order valence-corrected chi connectivity index (χ1v) is 5.16. The van der Waals surface area contributed by atoms with E-state index in [-0.39, 0.29) is 5.91 Å². The fraction of sp³-hybridized carbons (Fsp3) is 0.600. The highest BCUT2D eigenvalue weighted by Crippen LogP contribution is 1.93. The first-order valence-electron chi connectivity index (χ1n) is 5.16. The van der Waals surface area contributed by atoms with Gasteiger partial charge in [0.2, 0.25) is 5.91 Å². The van der Waals surface area contributed by atoms with E-state index in [1.54, 1.807) is 10.9 Å². The molecule has 1 atom stereocenters. The molecule has 15 heavy (non-hydrogen) atoms. The predicted octanol–water partition coefficient (Wildman–Crippen LogP) is 0.0450. The van der Waals surface area contributed by atoms with Gasteiger partial charge in [0.15, 0.2) is 0 Å². The molecule has 5 heteroatoms. The predicted molar refractivity (Wildman–Crippen MR) is 58.2 cm³/mol. The highest BCUT2D eigenvalue weighted by Gasteiger charge is 2.09. The Balaban J connectivity index is 2.24. The molecule has 0 unspecified atom stereocenters. The minimum Gasteiger partial charge on any atom is -0.353 e. The zero-order valence-electron chi connectivity index (χ0n) is 9.23. The van der Waals surface area contributed by atoms with E-state index in [1.165, 1.54) is 0 Å². The first kappa shape index (κ1) is 11.7. The summed E-state index contributed by atoms with van der Waals surface area (Å²) >= 11 is 0. The van der Waals surface area contributed by atoms with Crippen LogP contribution in [0.2, 0.25) is 0 Å². The Hall–Kier alpha value is -1.36. The van der Waals surface area contributed by atoms with Crippen LogP contribution in [0.5, 0.6) is 0 Å². The van der Waals surface area contributed by atoms with Gasteiger partial charge in [-0.2, -0.15) is 5.10 Å². The Kier molecular flexibility index (Phi) is 4.30. The third-order valence-electron chi connectivity index (χ3n) is 2.18. The van der Waals surface area contributed by atoms with E-state index in [0.29, 0.717) is 19.5 Å². The van der Waals surface area contributed by atoms with Gasteiger partial charge in [0.1, 0.15) is 0 Å². The molecule has 0 spiro atoms. The van der Waals surface area contributed by atoms with Crippen LogP contribution in [0.3, 0.4) is 0 Å². The molecule has 0 aliphatic heterocycles. The third kappa shape index (κ3) is 3.71. The molecule has 1 heterocycles. The molecule has 0 aliphatic carbocycles. The van der Waals surface area contributed by atoms with Crippen LogP contribution in [0.4, 0.5) is 0 Å². The molecule has 0 fully saturated rings. The molecule has 3 N–H and O–H groups in total. The van der Waals surface area contributed by atoms with Crippen molar-refractivity contribution in [3.63, 3.8) is 0 Å².